The molecule has 0 aliphatic carbocycles. The highest BCUT2D eigenvalue weighted by Crippen LogP contribution is 2.10. The van der Waals surface area contributed by atoms with Gasteiger partial charge in [0.2, 0.25) is 0 Å². The standard InChI is InChI=1S/C12H14N2O/c1-10(15)12-7-13-14(9-12)8-11-5-3-2-4-6-11/h2-7,9-10,15H,8H2,1H3/t10-/m0/s1. The molecule has 1 N–H and O–H groups in total. The zero-order valence-corrected chi connectivity index (χ0v) is 8.67. The molecule has 1 atom stereocenters. The quantitative estimate of drug-likeness (QED) is 0.826. The highest BCUT2D eigenvalue weighted by atomic mass is 16.3. The van der Waals surface area contributed by atoms with Crippen LogP contribution in [0.5, 0.6) is 0 Å². The van der Waals surface area contributed by atoms with Crippen LogP contribution >= 0.6 is 0 Å². The second-order valence-corrected chi connectivity index (χ2v) is 3.63. The molecule has 0 bridgehead atoms. The van der Waals surface area contributed by atoms with Crippen molar-refractivity contribution in [1.82, 2.24) is 9.78 Å². The van der Waals surface area contributed by atoms with Gasteiger partial charge in [-0.25, -0.2) is 0 Å². The van der Waals surface area contributed by atoms with Crippen LogP contribution in [0.15, 0.2) is 42.7 Å². The van der Waals surface area contributed by atoms with Gasteiger partial charge in [-0.15, -0.1) is 0 Å². The number of benzene rings is 1. The highest BCUT2D eigenvalue weighted by molar-refractivity contribution is 5.15. The van der Waals surface area contributed by atoms with Crippen LogP contribution in [-0.4, -0.2) is 14.9 Å². The van der Waals surface area contributed by atoms with Gasteiger partial charge in [0.25, 0.3) is 0 Å². The van der Waals surface area contributed by atoms with E-state index in [0.717, 1.165) is 12.1 Å². The van der Waals surface area contributed by atoms with Crippen LogP contribution in [0.4, 0.5) is 0 Å². The molecule has 0 fully saturated rings. The summed E-state index contributed by atoms with van der Waals surface area (Å²) in [5, 5.41) is 13.5. The minimum Gasteiger partial charge on any atom is -0.389 e. The smallest absolute Gasteiger partial charge is 0.0792 e. The van der Waals surface area contributed by atoms with Crippen molar-refractivity contribution in [3.8, 4) is 0 Å². The first kappa shape index (κ1) is 9.93. The molecule has 2 aromatic rings. The third kappa shape index (κ3) is 2.44. The maximum Gasteiger partial charge on any atom is 0.0792 e. The van der Waals surface area contributed by atoms with Crippen molar-refractivity contribution < 1.29 is 5.11 Å². The van der Waals surface area contributed by atoms with Gasteiger partial charge in [0.1, 0.15) is 0 Å². The third-order valence-electron chi connectivity index (χ3n) is 2.32. The molecule has 1 aromatic heterocycles. The molecule has 3 heteroatoms. The van der Waals surface area contributed by atoms with E-state index in [-0.39, 0.29) is 0 Å². The minimum absolute atomic E-state index is 0.450. The fourth-order valence-corrected chi connectivity index (χ4v) is 1.45. The Morgan fingerprint density at radius 3 is 2.67 bits per heavy atom. The van der Waals surface area contributed by atoms with E-state index in [1.807, 2.05) is 29.1 Å². The first-order chi connectivity index (χ1) is 7.25. The second kappa shape index (κ2) is 4.28. The average Bonchev–Trinajstić information content (AvgIpc) is 2.68. The predicted octanol–water partition coefficient (Wildman–Crippen LogP) is 1.98. The molecule has 0 amide bonds. The van der Waals surface area contributed by atoms with Gasteiger partial charge in [-0.2, -0.15) is 5.10 Å². The van der Waals surface area contributed by atoms with Crippen molar-refractivity contribution in [2.45, 2.75) is 19.6 Å². The van der Waals surface area contributed by atoms with Gasteiger partial charge < -0.3 is 5.11 Å². The van der Waals surface area contributed by atoms with E-state index in [4.69, 9.17) is 0 Å². The fourth-order valence-electron chi connectivity index (χ4n) is 1.45. The zero-order valence-electron chi connectivity index (χ0n) is 8.67. The summed E-state index contributed by atoms with van der Waals surface area (Å²) in [5.41, 5.74) is 2.06. The minimum atomic E-state index is -0.450. The lowest BCUT2D eigenvalue weighted by atomic mass is 10.2. The largest absolute Gasteiger partial charge is 0.389 e. The van der Waals surface area contributed by atoms with Crippen LogP contribution < -0.4 is 0 Å². The van der Waals surface area contributed by atoms with Crippen LogP contribution in [0.2, 0.25) is 0 Å². The average molecular weight is 202 g/mol. The number of nitrogens with zero attached hydrogens (tertiary/aromatic N) is 2. The van der Waals surface area contributed by atoms with E-state index >= 15 is 0 Å². The SMILES string of the molecule is C[C@H](O)c1cnn(Cc2ccccc2)c1. The molecule has 1 heterocycles. The van der Waals surface area contributed by atoms with E-state index in [1.54, 1.807) is 13.1 Å². The van der Waals surface area contributed by atoms with E-state index in [2.05, 4.69) is 17.2 Å². The molecule has 3 nitrogen and oxygen atoms in total. The molecular weight excluding hydrogens is 188 g/mol. The molecule has 0 saturated heterocycles. The van der Waals surface area contributed by atoms with Crippen LogP contribution in [-0.2, 0) is 6.54 Å². The van der Waals surface area contributed by atoms with Gasteiger partial charge >= 0.3 is 0 Å². The summed E-state index contributed by atoms with van der Waals surface area (Å²) in [6, 6.07) is 10.1. The number of aromatic nitrogens is 2. The van der Waals surface area contributed by atoms with Crippen molar-refractivity contribution in [2.24, 2.45) is 0 Å². The summed E-state index contributed by atoms with van der Waals surface area (Å²) < 4.78 is 1.83. The molecule has 0 spiro atoms. The summed E-state index contributed by atoms with van der Waals surface area (Å²) in [5.74, 6) is 0. The van der Waals surface area contributed by atoms with Gasteiger partial charge in [-0.05, 0) is 12.5 Å². The van der Waals surface area contributed by atoms with Gasteiger partial charge in [-0.1, -0.05) is 30.3 Å². The Morgan fingerprint density at radius 2 is 2.07 bits per heavy atom. The molecular formula is C12H14N2O. The van der Waals surface area contributed by atoms with E-state index in [9.17, 15) is 5.11 Å². The van der Waals surface area contributed by atoms with Crippen molar-refractivity contribution in [3.05, 3.63) is 53.9 Å². The van der Waals surface area contributed by atoms with Crippen molar-refractivity contribution in [1.29, 1.82) is 0 Å². The fraction of sp³-hybridized carbons (Fsp3) is 0.250. The monoisotopic (exact) mass is 202 g/mol. The van der Waals surface area contributed by atoms with E-state index in [0.29, 0.717) is 0 Å². The molecule has 0 unspecified atom stereocenters. The predicted molar refractivity (Wildman–Crippen MR) is 58.4 cm³/mol. The Hall–Kier alpha value is -1.61. The first-order valence-electron chi connectivity index (χ1n) is 5.00. The molecule has 0 aliphatic heterocycles. The molecule has 0 aliphatic rings. The number of hydrogen-bond acceptors (Lipinski definition) is 2. The summed E-state index contributed by atoms with van der Waals surface area (Å²) >= 11 is 0. The van der Waals surface area contributed by atoms with Crippen LogP contribution in [0, 0.1) is 0 Å². The molecule has 2 rings (SSSR count). The third-order valence-corrected chi connectivity index (χ3v) is 2.32. The summed E-state index contributed by atoms with van der Waals surface area (Å²) in [4.78, 5) is 0. The highest BCUT2D eigenvalue weighted by Gasteiger charge is 2.03. The van der Waals surface area contributed by atoms with E-state index < -0.39 is 6.10 Å². The maximum absolute atomic E-state index is 9.35. The molecule has 1 aromatic carbocycles. The van der Waals surface area contributed by atoms with Crippen molar-refractivity contribution in [2.75, 3.05) is 0 Å². The Bertz CT molecular complexity index is 420. The Morgan fingerprint density at radius 1 is 1.33 bits per heavy atom. The topological polar surface area (TPSA) is 38.1 Å². The van der Waals surface area contributed by atoms with Crippen molar-refractivity contribution in [3.63, 3.8) is 0 Å². The molecule has 15 heavy (non-hydrogen) atoms. The number of aliphatic hydroxyl groups excluding tert-OH is 1. The lowest BCUT2D eigenvalue weighted by Crippen LogP contribution is -1.99. The summed E-state index contributed by atoms with van der Waals surface area (Å²) in [7, 11) is 0. The van der Waals surface area contributed by atoms with Crippen molar-refractivity contribution >= 4 is 0 Å². The number of rotatable bonds is 3. The summed E-state index contributed by atoms with van der Waals surface area (Å²) in [6.45, 7) is 2.48. The van der Waals surface area contributed by atoms with Crippen LogP contribution in [0.3, 0.4) is 0 Å². The normalized spacial score (nSPS) is 12.7. The number of hydrogen-bond donors (Lipinski definition) is 1. The van der Waals surface area contributed by atoms with Gasteiger partial charge in [0, 0.05) is 11.8 Å². The lowest BCUT2D eigenvalue weighted by molar-refractivity contribution is 0.199. The Labute approximate surface area is 89.0 Å². The number of aliphatic hydroxyl groups is 1. The van der Waals surface area contributed by atoms with Gasteiger partial charge in [0.05, 0.1) is 18.8 Å². The Balaban J connectivity index is 2.12. The van der Waals surface area contributed by atoms with E-state index in [1.165, 1.54) is 5.56 Å². The molecule has 0 radical (unpaired) electrons. The van der Waals surface area contributed by atoms with Crippen LogP contribution in [0.1, 0.15) is 24.2 Å². The lowest BCUT2D eigenvalue weighted by Gasteiger charge is -2.01. The molecule has 0 saturated carbocycles. The van der Waals surface area contributed by atoms with Gasteiger partial charge in [-0.3, -0.25) is 4.68 Å². The first-order valence-corrected chi connectivity index (χ1v) is 5.00. The molecule has 78 valence electrons. The zero-order chi connectivity index (χ0) is 10.7. The van der Waals surface area contributed by atoms with Gasteiger partial charge in [0.15, 0.2) is 0 Å². The second-order valence-electron chi connectivity index (χ2n) is 3.63. The Kier molecular flexibility index (Phi) is 2.83. The van der Waals surface area contributed by atoms with Crippen LogP contribution in [0.25, 0.3) is 0 Å². The maximum atomic E-state index is 9.35. The summed E-state index contributed by atoms with van der Waals surface area (Å²) in [6.07, 6.45) is 3.13.